The fourth-order valence-corrected chi connectivity index (χ4v) is 7.89. The van der Waals surface area contributed by atoms with E-state index in [4.69, 9.17) is 5.10 Å². The molecule has 0 radical (unpaired) electrons. The van der Waals surface area contributed by atoms with Crippen LogP contribution in [0.15, 0.2) is 78.9 Å². The SMILES string of the molecule is CC(C)(C)c1ccc(N2c3ccc(C(C)(C)C)cc3B3c4nnsc4N(c4cc(C(C)(C)C)cc(C(C)(C)C)c4)c4cccc2c43)cc1. The fraction of sp³-hybridized carbons (Fsp3) is 0.381. The van der Waals surface area contributed by atoms with Gasteiger partial charge in [0.25, 0.3) is 6.71 Å². The molecule has 4 nitrogen and oxygen atoms in total. The number of hydrogen-bond acceptors (Lipinski definition) is 5. The van der Waals surface area contributed by atoms with Gasteiger partial charge in [0.2, 0.25) is 0 Å². The predicted molar refractivity (Wildman–Crippen MR) is 209 cm³/mol. The molecule has 0 N–H and O–H groups in total. The Morgan fingerprint density at radius 1 is 0.521 bits per heavy atom. The minimum atomic E-state index is -0.0171. The molecule has 0 unspecified atom stereocenters. The molecular formula is C42H49BN4S. The zero-order valence-corrected chi connectivity index (χ0v) is 31.6. The van der Waals surface area contributed by atoms with Crippen LogP contribution in [0.4, 0.5) is 33.4 Å². The summed E-state index contributed by atoms with van der Waals surface area (Å²) in [6.45, 7) is 27.5. The second kappa shape index (κ2) is 10.8. The van der Waals surface area contributed by atoms with Gasteiger partial charge in [0.05, 0.1) is 5.59 Å². The van der Waals surface area contributed by atoms with Crippen LogP contribution in [-0.2, 0) is 21.7 Å². The van der Waals surface area contributed by atoms with E-state index < -0.39 is 0 Å². The molecule has 2 aliphatic rings. The summed E-state index contributed by atoms with van der Waals surface area (Å²) in [5, 5.41) is 6.04. The molecule has 0 atom stereocenters. The van der Waals surface area contributed by atoms with Crippen molar-refractivity contribution in [2.24, 2.45) is 0 Å². The number of aromatic nitrogens is 2. The highest BCUT2D eigenvalue weighted by Crippen LogP contribution is 2.46. The lowest BCUT2D eigenvalue weighted by Gasteiger charge is -2.42. The van der Waals surface area contributed by atoms with Crippen LogP contribution in [0.3, 0.4) is 0 Å². The van der Waals surface area contributed by atoms with Crippen LogP contribution < -0.4 is 26.3 Å². The molecule has 0 fully saturated rings. The van der Waals surface area contributed by atoms with Crippen molar-refractivity contribution in [2.75, 3.05) is 9.80 Å². The quantitative estimate of drug-likeness (QED) is 0.174. The highest BCUT2D eigenvalue weighted by Gasteiger charge is 2.46. The molecule has 48 heavy (non-hydrogen) atoms. The van der Waals surface area contributed by atoms with Gasteiger partial charge >= 0.3 is 0 Å². The van der Waals surface area contributed by atoms with E-state index >= 15 is 0 Å². The largest absolute Gasteiger partial charge is 0.311 e. The average molecular weight is 653 g/mol. The molecule has 3 heterocycles. The molecule has 1 aromatic heterocycles. The summed E-state index contributed by atoms with van der Waals surface area (Å²) in [5.41, 5.74) is 14.9. The van der Waals surface area contributed by atoms with E-state index in [-0.39, 0.29) is 28.4 Å². The van der Waals surface area contributed by atoms with Crippen molar-refractivity contribution in [1.82, 2.24) is 9.59 Å². The Morgan fingerprint density at radius 2 is 1.06 bits per heavy atom. The molecule has 0 spiro atoms. The van der Waals surface area contributed by atoms with Gasteiger partial charge in [-0.15, -0.1) is 0 Å². The van der Waals surface area contributed by atoms with E-state index in [9.17, 15) is 0 Å². The molecule has 0 saturated carbocycles. The van der Waals surface area contributed by atoms with Gasteiger partial charge in [-0.2, -0.15) is 5.10 Å². The van der Waals surface area contributed by atoms with Gasteiger partial charge in [0, 0.05) is 40.0 Å². The molecule has 0 bridgehead atoms. The maximum atomic E-state index is 4.94. The summed E-state index contributed by atoms with van der Waals surface area (Å²) in [6, 6.07) is 30.2. The first-order valence-corrected chi connectivity index (χ1v) is 18.1. The summed E-state index contributed by atoms with van der Waals surface area (Å²) in [5.74, 6) is 0. The average Bonchev–Trinajstić information content (AvgIpc) is 3.48. The van der Waals surface area contributed by atoms with E-state index in [1.807, 2.05) is 0 Å². The van der Waals surface area contributed by atoms with Crippen LogP contribution in [0.1, 0.15) is 105 Å². The van der Waals surface area contributed by atoms with Gasteiger partial charge in [-0.1, -0.05) is 124 Å². The highest BCUT2D eigenvalue weighted by atomic mass is 32.1. The Morgan fingerprint density at radius 3 is 1.62 bits per heavy atom. The van der Waals surface area contributed by atoms with Crippen LogP contribution >= 0.6 is 11.5 Å². The van der Waals surface area contributed by atoms with Crippen LogP contribution in [-0.4, -0.2) is 16.3 Å². The molecule has 6 heteroatoms. The summed E-state index contributed by atoms with van der Waals surface area (Å²) < 4.78 is 4.65. The third kappa shape index (κ3) is 5.37. The summed E-state index contributed by atoms with van der Waals surface area (Å²) in [6.07, 6.45) is 0. The molecule has 0 aliphatic carbocycles. The normalized spacial score (nSPS) is 14.5. The van der Waals surface area contributed by atoms with Gasteiger partial charge in [-0.3, -0.25) is 0 Å². The summed E-state index contributed by atoms with van der Waals surface area (Å²) >= 11 is 1.50. The van der Waals surface area contributed by atoms with Gasteiger partial charge in [-0.25, -0.2) is 0 Å². The Kier molecular flexibility index (Phi) is 7.35. The standard InChI is InChI=1S/C42H49BN4S/c1-39(2,3)26-16-19-30(20-17-26)46-33-21-18-27(40(4,5)6)25-32(33)43-36-34(46)14-13-15-35(36)47(38-37(43)44-45-48-38)31-23-28(41(7,8)9)22-29(24-31)42(10,11)12/h13-25H,1-12H3. The van der Waals surface area contributed by atoms with E-state index in [1.165, 1.54) is 67.5 Å². The lowest BCUT2D eigenvalue weighted by Crippen LogP contribution is -2.61. The van der Waals surface area contributed by atoms with Gasteiger partial charge < -0.3 is 9.80 Å². The summed E-state index contributed by atoms with van der Waals surface area (Å²) in [4.78, 5) is 4.91. The Labute approximate surface area is 292 Å². The third-order valence-electron chi connectivity index (χ3n) is 10.1. The van der Waals surface area contributed by atoms with E-state index in [1.54, 1.807) is 0 Å². The van der Waals surface area contributed by atoms with Crippen LogP contribution in [0.5, 0.6) is 0 Å². The molecule has 4 aromatic carbocycles. The van der Waals surface area contributed by atoms with Crippen molar-refractivity contribution >= 4 is 68.2 Å². The Hall–Kier alpha value is -3.90. The molecule has 246 valence electrons. The smallest absolute Gasteiger partial charge is 0.279 e. The highest BCUT2D eigenvalue weighted by molar-refractivity contribution is 7.14. The van der Waals surface area contributed by atoms with Crippen molar-refractivity contribution in [3.63, 3.8) is 0 Å². The van der Waals surface area contributed by atoms with Crippen molar-refractivity contribution in [3.8, 4) is 0 Å². The monoisotopic (exact) mass is 652 g/mol. The molecule has 2 aliphatic heterocycles. The number of anilines is 6. The molecule has 0 saturated heterocycles. The van der Waals surface area contributed by atoms with E-state index in [2.05, 4.69) is 176 Å². The second-order valence-corrected chi connectivity index (χ2v) is 18.6. The number of hydrogen-bond donors (Lipinski definition) is 0. The first kappa shape index (κ1) is 32.6. The Balaban J connectivity index is 1.52. The van der Waals surface area contributed by atoms with Crippen molar-refractivity contribution < 1.29 is 0 Å². The van der Waals surface area contributed by atoms with Crippen molar-refractivity contribution in [3.05, 3.63) is 101 Å². The third-order valence-corrected chi connectivity index (χ3v) is 10.9. The topological polar surface area (TPSA) is 32.3 Å². The maximum Gasteiger partial charge on any atom is 0.279 e. The first-order valence-electron chi connectivity index (χ1n) is 17.3. The zero-order valence-electron chi connectivity index (χ0n) is 30.8. The van der Waals surface area contributed by atoms with Crippen molar-refractivity contribution in [1.29, 1.82) is 0 Å². The van der Waals surface area contributed by atoms with Gasteiger partial charge in [0.15, 0.2) is 0 Å². The fourth-order valence-electron chi connectivity index (χ4n) is 7.14. The van der Waals surface area contributed by atoms with Gasteiger partial charge in [0.1, 0.15) is 5.00 Å². The number of benzene rings is 4. The Bertz CT molecular complexity index is 2000. The minimum Gasteiger partial charge on any atom is -0.311 e. The molecule has 5 aromatic rings. The lowest BCUT2D eigenvalue weighted by atomic mass is 9.35. The number of rotatable bonds is 2. The van der Waals surface area contributed by atoms with E-state index in [0.717, 1.165) is 16.3 Å². The molecule has 7 rings (SSSR count). The van der Waals surface area contributed by atoms with Crippen LogP contribution in [0.25, 0.3) is 0 Å². The number of nitrogens with zero attached hydrogens (tertiary/aromatic N) is 4. The first-order chi connectivity index (χ1) is 22.3. The van der Waals surface area contributed by atoms with Crippen LogP contribution in [0, 0.1) is 0 Å². The molecular weight excluding hydrogens is 603 g/mol. The van der Waals surface area contributed by atoms with E-state index in [0.29, 0.717) is 0 Å². The second-order valence-electron chi connectivity index (χ2n) is 17.9. The maximum absolute atomic E-state index is 4.94. The predicted octanol–water partition coefficient (Wildman–Crippen LogP) is 9.81. The van der Waals surface area contributed by atoms with Crippen molar-refractivity contribution in [2.45, 2.75) is 105 Å². The minimum absolute atomic E-state index is 0.00244. The van der Waals surface area contributed by atoms with Gasteiger partial charge in [-0.05, 0) is 97.3 Å². The summed E-state index contributed by atoms with van der Waals surface area (Å²) in [7, 11) is 0. The molecule has 0 amide bonds. The zero-order chi connectivity index (χ0) is 34.6. The number of fused-ring (bicyclic) bond motifs is 4. The lowest BCUT2D eigenvalue weighted by molar-refractivity contribution is 0.569. The van der Waals surface area contributed by atoms with Crippen LogP contribution in [0.2, 0.25) is 0 Å².